The summed E-state index contributed by atoms with van der Waals surface area (Å²) in [5.41, 5.74) is 1.47. The number of allylic oxidation sites excluding steroid dienone is 2. The molecule has 78 valence electrons. The number of rotatable bonds is 1. The second kappa shape index (κ2) is 45.3. The van der Waals surface area contributed by atoms with Crippen LogP contribution in [-0.2, 0) is 0 Å². The fourth-order valence-corrected chi connectivity index (χ4v) is 0.204. The van der Waals surface area contributed by atoms with Crippen molar-refractivity contribution in [3.05, 3.63) is 11.6 Å². The van der Waals surface area contributed by atoms with Gasteiger partial charge in [-0.3, -0.25) is 0 Å². The molecule has 0 spiro atoms. The minimum Gasteiger partial charge on any atom is -0.0887 e. The van der Waals surface area contributed by atoms with Crippen molar-refractivity contribution in [1.82, 2.24) is 0 Å². The molecule has 0 atom stereocenters. The van der Waals surface area contributed by atoms with Crippen molar-refractivity contribution in [1.29, 1.82) is 0 Å². The maximum absolute atomic E-state index is 2.16. The molecule has 0 N–H and O–H groups in total. The molecule has 0 rings (SSSR count). The Hall–Kier alpha value is -0.260. The van der Waals surface area contributed by atoms with Crippen LogP contribution in [0.3, 0.4) is 0 Å². The molecule has 0 heterocycles. The molecule has 12 heavy (non-hydrogen) atoms. The predicted molar refractivity (Wildman–Crippen MR) is 63.8 cm³/mol. The summed E-state index contributed by atoms with van der Waals surface area (Å²) >= 11 is 0. The molecule has 0 radical (unpaired) electrons. The lowest BCUT2D eigenvalue weighted by Gasteiger charge is -1.85. The first-order chi connectivity index (χ1) is 5.81. The van der Waals surface area contributed by atoms with Gasteiger partial charge in [0.15, 0.2) is 0 Å². The maximum atomic E-state index is 2.16. The van der Waals surface area contributed by atoms with Crippen molar-refractivity contribution >= 4 is 0 Å². The third-order valence-electron chi connectivity index (χ3n) is 1.05. The van der Waals surface area contributed by atoms with Crippen molar-refractivity contribution in [2.24, 2.45) is 0 Å². The van der Waals surface area contributed by atoms with Crippen molar-refractivity contribution in [2.75, 3.05) is 0 Å². The molecule has 0 heteroatoms. The average molecular weight is 174 g/mol. The molecule has 0 amide bonds. The van der Waals surface area contributed by atoms with E-state index >= 15 is 0 Å². The van der Waals surface area contributed by atoms with E-state index in [0.29, 0.717) is 0 Å². The lowest BCUT2D eigenvalue weighted by molar-refractivity contribution is 1.09. The normalized spacial score (nSPS) is 7.58. The number of hydrogen-bond donors (Lipinski definition) is 0. The fraction of sp³-hybridized carbons (Fsp3) is 0.833. The van der Waals surface area contributed by atoms with Crippen LogP contribution in [-0.4, -0.2) is 0 Å². The van der Waals surface area contributed by atoms with Gasteiger partial charge < -0.3 is 0 Å². The molecule has 0 aliphatic heterocycles. The third-order valence-corrected chi connectivity index (χ3v) is 1.05. The highest BCUT2D eigenvalue weighted by Gasteiger charge is 1.73. The largest absolute Gasteiger partial charge is 0.0887 e. The standard InChI is InChI=1S/C6H12.3C2H6/c1-4-6(3)5-2;3*1-2/h4H,5H2,1-3H3;3*1-2H3/b6-4-;;;. The van der Waals surface area contributed by atoms with Crippen LogP contribution < -0.4 is 0 Å². The second-order valence-electron chi connectivity index (χ2n) is 1.49. The molecule has 0 nitrogen and oxygen atoms in total. The Labute approximate surface area is 81.1 Å². The average Bonchev–Trinajstić information content (AvgIpc) is 2.25. The Bertz CT molecular complexity index is 51.1. The Kier molecular flexibility index (Phi) is 85.4. The SMILES string of the molecule is C/C=C(/C)CC.CC.CC.CC. The molecule has 0 fully saturated rings. The molecule has 0 aromatic heterocycles. The van der Waals surface area contributed by atoms with Crippen molar-refractivity contribution in [2.45, 2.75) is 68.7 Å². The monoisotopic (exact) mass is 174 g/mol. The summed E-state index contributed by atoms with van der Waals surface area (Å²) in [6, 6.07) is 0. The van der Waals surface area contributed by atoms with E-state index in [2.05, 4.69) is 26.8 Å². The van der Waals surface area contributed by atoms with E-state index in [1.54, 1.807) is 0 Å². The summed E-state index contributed by atoms with van der Waals surface area (Å²) in [5.74, 6) is 0. The molecule has 0 aromatic carbocycles. The highest BCUT2D eigenvalue weighted by molar-refractivity contribution is 4.93. The van der Waals surface area contributed by atoms with Crippen LogP contribution in [0.4, 0.5) is 0 Å². The summed E-state index contributed by atoms with van der Waals surface area (Å²) < 4.78 is 0. The third kappa shape index (κ3) is 53.2. The first kappa shape index (κ1) is 22.6. The topological polar surface area (TPSA) is 0 Å². The number of hydrogen-bond acceptors (Lipinski definition) is 0. The van der Waals surface area contributed by atoms with Crippen LogP contribution in [0.15, 0.2) is 11.6 Å². The molecular weight excluding hydrogens is 144 g/mol. The lowest BCUT2D eigenvalue weighted by atomic mass is 10.2. The lowest BCUT2D eigenvalue weighted by Crippen LogP contribution is -1.63. The van der Waals surface area contributed by atoms with E-state index in [0.717, 1.165) is 0 Å². The molecule has 0 saturated heterocycles. The predicted octanol–water partition coefficient (Wildman–Crippen LogP) is 5.44. The van der Waals surface area contributed by atoms with Crippen molar-refractivity contribution < 1.29 is 0 Å². The minimum atomic E-state index is 1.19. The van der Waals surface area contributed by atoms with Gasteiger partial charge in [0.05, 0.1) is 0 Å². The van der Waals surface area contributed by atoms with E-state index in [9.17, 15) is 0 Å². The van der Waals surface area contributed by atoms with Crippen LogP contribution in [0.2, 0.25) is 0 Å². The second-order valence-corrected chi connectivity index (χ2v) is 1.49. The Morgan fingerprint density at radius 3 is 1.17 bits per heavy atom. The van der Waals surface area contributed by atoms with Gasteiger partial charge in [-0.05, 0) is 20.3 Å². The smallest absolute Gasteiger partial charge is 0.0352 e. The molecule has 0 unspecified atom stereocenters. The molecule has 0 saturated carbocycles. The Morgan fingerprint density at radius 2 is 1.17 bits per heavy atom. The van der Waals surface area contributed by atoms with E-state index in [1.807, 2.05) is 41.5 Å². The summed E-state index contributed by atoms with van der Waals surface area (Å²) in [6.45, 7) is 18.4. The van der Waals surface area contributed by atoms with Gasteiger partial charge in [-0.15, -0.1) is 0 Å². The Morgan fingerprint density at radius 1 is 0.917 bits per heavy atom. The van der Waals surface area contributed by atoms with Crippen LogP contribution in [0.1, 0.15) is 68.7 Å². The zero-order valence-corrected chi connectivity index (χ0v) is 10.8. The van der Waals surface area contributed by atoms with Crippen molar-refractivity contribution in [3.63, 3.8) is 0 Å². The van der Waals surface area contributed by atoms with Gasteiger partial charge >= 0.3 is 0 Å². The van der Waals surface area contributed by atoms with Crippen LogP contribution >= 0.6 is 0 Å². The Balaban J connectivity index is -0.0000000453. The quantitative estimate of drug-likeness (QED) is 0.464. The summed E-state index contributed by atoms with van der Waals surface area (Å²) in [4.78, 5) is 0. The molecular formula is C12H30. The molecule has 0 aromatic rings. The first-order valence-electron chi connectivity index (χ1n) is 5.43. The van der Waals surface area contributed by atoms with Gasteiger partial charge in [0.2, 0.25) is 0 Å². The van der Waals surface area contributed by atoms with Gasteiger partial charge in [-0.2, -0.15) is 0 Å². The van der Waals surface area contributed by atoms with E-state index < -0.39 is 0 Å². The van der Waals surface area contributed by atoms with Gasteiger partial charge in [-0.1, -0.05) is 60.1 Å². The fourth-order valence-electron chi connectivity index (χ4n) is 0.204. The maximum Gasteiger partial charge on any atom is -0.0352 e. The minimum absolute atomic E-state index is 1.19. The van der Waals surface area contributed by atoms with E-state index in [-0.39, 0.29) is 0 Å². The van der Waals surface area contributed by atoms with Crippen LogP contribution in [0, 0.1) is 0 Å². The highest BCUT2D eigenvalue weighted by atomic mass is 13.8. The summed E-state index contributed by atoms with van der Waals surface area (Å²) in [6.07, 6.45) is 3.33. The highest BCUT2D eigenvalue weighted by Crippen LogP contribution is 1.94. The summed E-state index contributed by atoms with van der Waals surface area (Å²) in [5, 5.41) is 0. The van der Waals surface area contributed by atoms with Crippen LogP contribution in [0.25, 0.3) is 0 Å². The molecule has 0 aliphatic rings. The first-order valence-corrected chi connectivity index (χ1v) is 5.43. The molecule has 0 aliphatic carbocycles. The van der Waals surface area contributed by atoms with Crippen LogP contribution in [0.5, 0.6) is 0 Å². The van der Waals surface area contributed by atoms with Gasteiger partial charge in [-0.25, -0.2) is 0 Å². The van der Waals surface area contributed by atoms with Crippen molar-refractivity contribution in [3.8, 4) is 0 Å². The molecule has 0 bridgehead atoms. The van der Waals surface area contributed by atoms with Gasteiger partial charge in [0.25, 0.3) is 0 Å². The summed E-state index contributed by atoms with van der Waals surface area (Å²) in [7, 11) is 0. The van der Waals surface area contributed by atoms with Gasteiger partial charge in [0, 0.05) is 0 Å². The van der Waals surface area contributed by atoms with E-state index in [4.69, 9.17) is 0 Å². The zero-order valence-electron chi connectivity index (χ0n) is 10.8. The van der Waals surface area contributed by atoms with E-state index in [1.165, 1.54) is 12.0 Å². The zero-order chi connectivity index (χ0) is 11.0. The van der Waals surface area contributed by atoms with Gasteiger partial charge in [0.1, 0.15) is 0 Å².